The van der Waals surface area contributed by atoms with Crippen molar-refractivity contribution in [1.82, 2.24) is 5.32 Å². The minimum atomic E-state index is -0.430. The maximum absolute atomic E-state index is 12.2. The van der Waals surface area contributed by atoms with Crippen LogP contribution in [0, 0.1) is 0 Å². The highest BCUT2D eigenvalue weighted by Crippen LogP contribution is 2.27. The van der Waals surface area contributed by atoms with Gasteiger partial charge in [0, 0.05) is 24.2 Å². The van der Waals surface area contributed by atoms with Crippen LogP contribution in [0.1, 0.15) is 22.3 Å². The van der Waals surface area contributed by atoms with Crippen LogP contribution in [0.4, 0.5) is 5.69 Å². The molecule has 1 atom stereocenters. The molecule has 2 aromatic rings. The molecule has 0 aromatic heterocycles. The number of carbonyl (C=O) groups is 3. The van der Waals surface area contributed by atoms with Crippen LogP contribution in [-0.2, 0) is 20.9 Å². The van der Waals surface area contributed by atoms with Gasteiger partial charge in [0.2, 0.25) is 5.91 Å². The number of rotatable bonds is 7. The van der Waals surface area contributed by atoms with Crippen LogP contribution in [0.2, 0.25) is 0 Å². The van der Waals surface area contributed by atoms with Crippen LogP contribution < -0.4 is 16.4 Å². The van der Waals surface area contributed by atoms with Crippen molar-refractivity contribution in [2.45, 2.75) is 19.0 Å². The van der Waals surface area contributed by atoms with E-state index in [9.17, 15) is 14.4 Å². The van der Waals surface area contributed by atoms with E-state index >= 15 is 0 Å². The van der Waals surface area contributed by atoms with Gasteiger partial charge < -0.3 is 15.8 Å². The number of hydrogen-bond donors (Lipinski definition) is 3. The van der Waals surface area contributed by atoms with Crippen molar-refractivity contribution < 1.29 is 19.1 Å². The number of hydrogen-bond acceptors (Lipinski definition) is 6. The zero-order valence-corrected chi connectivity index (χ0v) is 14.7. The van der Waals surface area contributed by atoms with Crippen molar-refractivity contribution in [1.29, 1.82) is 0 Å². The summed E-state index contributed by atoms with van der Waals surface area (Å²) < 4.78 is 4.85. The molecule has 0 radical (unpaired) electrons. The molecule has 1 amide bonds. The molecule has 0 saturated carbocycles. The molecule has 0 spiro atoms. The maximum atomic E-state index is 12.2. The number of benzene rings is 2. The van der Waals surface area contributed by atoms with E-state index in [2.05, 4.69) is 10.6 Å². The third-order valence-electron chi connectivity index (χ3n) is 4.39. The number of aldehydes is 1. The molecule has 1 fully saturated rings. The Balaban J connectivity index is 1.71. The van der Waals surface area contributed by atoms with E-state index in [4.69, 9.17) is 10.5 Å². The summed E-state index contributed by atoms with van der Waals surface area (Å²) in [5.74, 6) is -0.582. The standard InChI is InChI=1S/C20H21N3O4/c21-10-15-5-4-13(12-24)8-17(15)14-2-1-3-16(9-14)23-19(25)11-22-18-6-7-27-20(18)26/h1-5,8-9,12,18,22H,6-7,10-11,21H2,(H,23,25). The Morgan fingerprint density at radius 3 is 2.81 bits per heavy atom. The van der Waals surface area contributed by atoms with Gasteiger partial charge in [0.15, 0.2) is 0 Å². The smallest absolute Gasteiger partial charge is 0.323 e. The first-order valence-corrected chi connectivity index (χ1v) is 8.69. The van der Waals surface area contributed by atoms with Crippen molar-refractivity contribution >= 4 is 23.9 Å². The number of ether oxygens (including phenoxy) is 1. The average molecular weight is 367 g/mol. The predicted molar refractivity (Wildman–Crippen MR) is 101 cm³/mol. The summed E-state index contributed by atoms with van der Waals surface area (Å²) in [5, 5.41) is 5.69. The normalized spacial score (nSPS) is 16.0. The zero-order valence-electron chi connectivity index (χ0n) is 14.7. The molecule has 0 bridgehead atoms. The highest BCUT2D eigenvalue weighted by molar-refractivity contribution is 5.93. The van der Waals surface area contributed by atoms with Gasteiger partial charge in [-0.25, -0.2) is 0 Å². The molecule has 1 aliphatic rings. The summed E-state index contributed by atoms with van der Waals surface area (Å²) in [4.78, 5) is 34.6. The van der Waals surface area contributed by atoms with Gasteiger partial charge in [-0.15, -0.1) is 0 Å². The molecule has 1 aliphatic heterocycles. The first kappa shape index (κ1) is 18.8. The first-order valence-electron chi connectivity index (χ1n) is 8.69. The fraction of sp³-hybridized carbons (Fsp3) is 0.250. The summed E-state index contributed by atoms with van der Waals surface area (Å²) in [5.41, 5.74) is 9.59. The van der Waals surface area contributed by atoms with Crippen molar-refractivity contribution in [3.8, 4) is 11.1 Å². The number of cyclic esters (lactones) is 1. The Hall–Kier alpha value is -3.03. The second-order valence-electron chi connectivity index (χ2n) is 6.26. The summed E-state index contributed by atoms with van der Waals surface area (Å²) in [7, 11) is 0. The first-order chi connectivity index (χ1) is 13.1. The van der Waals surface area contributed by atoms with Gasteiger partial charge >= 0.3 is 5.97 Å². The number of anilines is 1. The molecule has 1 saturated heterocycles. The lowest BCUT2D eigenvalue weighted by Gasteiger charge is -2.12. The van der Waals surface area contributed by atoms with Gasteiger partial charge in [0.05, 0.1) is 13.2 Å². The average Bonchev–Trinajstić information content (AvgIpc) is 3.11. The summed E-state index contributed by atoms with van der Waals surface area (Å²) in [6, 6.07) is 12.2. The van der Waals surface area contributed by atoms with Crippen molar-refractivity contribution in [2.24, 2.45) is 5.73 Å². The molecular formula is C20H21N3O4. The molecule has 7 nitrogen and oxygen atoms in total. The molecule has 2 aromatic carbocycles. The largest absolute Gasteiger partial charge is 0.464 e. The van der Waals surface area contributed by atoms with E-state index in [-0.39, 0.29) is 18.4 Å². The Morgan fingerprint density at radius 2 is 2.11 bits per heavy atom. The lowest BCUT2D eigenvalue weighted by molar-refractivity contribution is -0.139. The Bertz CT molecular complexity index is 866. The van der Waals surface area contributed by atoms with Crippen LogP contribution >= 0.6 is 0 Å². The van der Waals surface area contributed by atoms with Gasteiger partial charge in [-0.05, 0) is 34.9 Å². The topological polar surface area (TPSA) is 111 Å². The highest BCUT2D eigenvalue weighted by Gasteiger charge is 2.26. The zero-order chi connectivity index (χ0) is 19.2. The molecule has 1 unspecified atom stereocenters. The van der Waals surface area contributed by atoms with Gasteiger partial charge in [-0.2, -0.15) is 0 Å². The molecular weight excluding hydrogens is 346 g/mol. The summed E-state index contributed by atoms with van der Waals surface area (Å²) >= 11 is 0. The second kappa shape index (κ2) is 8.57. The number of nitrogens with two attached hydrogens (primary N) is 1. The van der Waals surface area contributed by atoms with Gasteiger partial charge in [-0.3, -0.25) is 19.7 Å². The van der Waals surface area contributed by atoms with E-state index in [0.29, 0.717) is 30.8 Å². The summed E-state index contributed by atoms with van der Waals surface area (Å²) in [6.07, 6.45) is 1.35. The summed E-state index contributed by atoms with van der Waals surface area (Å²) in [6.45, 7) is 0.731. The SMILES string of the molecule is NCc1ccc(C=O)cc1-c1cccc(NC(=O)CNC2CCOC2=O)c1. The Labute approximate surface area is 156 Å². The number of carbonyl (C=O) groups excluding carboxylic acids is 3. The third-order valence-corrected chi connectivity index (χ3v) is 4.39. The number of nitrogens with one attached hydrogen (secondary N) is 2. The quantitative estimate of drug-likeness (QED) is 0.505. The van der Waals surface area contributed by atoms with E-state index in [1.54, 1.807) is 18.2 Å². The van der Waals surface area contributed by atoms with E-state index in [0.717, 1.165) is 23.0 Å². The van der Waals surface area contributed by atoms with Crippen LogP contribution in [0.15, 0.2) is 42.5 Å². The molecule has 0 aliphatic carbocycles. The third kappa shape index (κ3) is 4.58. The molecule has 4 N–H and O–H groups in total. The fourth-order valence-corrected chi connectivity index (χ4v) is 2.98. The highest BCUT2D eigenvalue weighted by atomic mass is 16.5. The van der Waals surface area contributed by atoms with E-state index in [1.807, 2.05) is 24.3 Å². The van der Waals surface area contributed by atoms with Gasteiger partial charge in [-0.1, -0.05) is 24.3 Å². The molecule has 140 valence electrons. The minimum absolute atomic E-state index is 0.0126. The predicted octanol–water partition coefficient (Wildman–Crippen LogP) is 1.47. The second-order valence-corrected chi connectivity index (χ2v) is 6.26. The molecule has 3 rings (SSSR count). The molecule has 27 heavy (non-hydrogen) atoms. The Kier molecular flexibility index (Phi) is 5.95. The minimum Gasteiger partial charge on any atom is -0.464 e. The lowest BCUT2D eigenvalue weighted by Crippen LogP contribution is -2.38. The number of esters is 1. The van der Waals surface area contributed by atoms with Crippen LogP contribution in [0.3, 0.4) is 0 Å². The molecule has 1 heterocycles. The van der Waals surface area contributed by atoms with Crippen molar-refractivity contribution in [3.63, 3.8) is 0 Å². The van der Waals surface area contributed by atoms with E-state index in [1.165, 1.54) is 0 Å². The van der Waals surface area contributed by atoms with Crippen molar-refractivity contribution in [2.75, 3.05) is 18.5 Å². The lowest BCUT2D eigenvalue weighted by atomic mass is 9.97. The fourth-order valence-electron chi connectivity index (χ4n) is 2.98. The molecule has 7 heteroatoms. The maximum Gasteiger partial charge on any atom is 0.323 e. The monoisotopic (exact) mass is 367 g/mol. The Morgan fingerprint density at radius 1 is 1.26 bits per heavy atom. The van der Waals surface area contributed by atoms with Crippen LogP contribution in [-0.4, -0.2) is 37.4 Å². The van der Waals surface area contributed by atoms with Crippen LogP contribution in [0.25, 0.3) is 11.1 Å². The van der Waals surface area contributed by atoms with Crippen LogP contribution in [0.5, 0.6) is 0 Å². The van der Waals surface area contributed by atoms with Gasteiger partial charge in [0.25, 0.3) is 0 Å². The van der Waals surface area contributed by atoms with Crippen molar-refractivity contribution in [3.05, 3.63) is 53.6 Å². The van der Waals surface area contributed by atoms with Gasteiger partial charge in [0.1, 0.15) is 12.3 Å². The number of amides is 1. The van der Waals surface area contributed by atoms with E-state index < -0.39 is 6.04 Å².